The van der Waals surface area contributed by atoms with Crippen molar-refractivity contribution in [2.75, 3.05) is 28.3 Å². The van der Waals surface area contributed by atoms with E-state index in [0.29, 0.717) is 36.2 Å². The summed E-state index contributed by atoms with van der Waals surface area (Å²) >= 11 is 0. The lowest BCUT2D eigenvalue weighted by Gasteiger charge is -2.27. The maximum Gasteiger partial charge on any atom is 0.275 e. The molecule has 0 saturated carbocycles. The summed E-state index contributed by atoms with van der Waals surface area (Å²) in [6, 6.07) is 3.00. The molecule has 3 heterocycles. The van der Waals surface area contributed by atoms with Crippen molar-refractivity contribution >= 4 is 27.5 Å². The Morgan fingerprint density at radius 3 is 2.69 bits per heavy atom. The van der Waals surface area contributed by atoms with E-state index in [2.05, 4.69) is 20.4 Å². The highest BCUT2D eigenvalue weighted by atomic mass is 32.2. The number of hydrogen-bond acceptors (Lipinski definition) is 8. The Bertz CT molecular complexity index is 924. The first kappa shape index (κ1) is 18.3. The van der Waals surface area contributed by atoms with Gasteiger partial charge in [-0.05, 0) is 33.3 Å². The van der Waals surface area contributed by atoms with Crippen molar-refractivity contribution in [3.63, 3.8) is 0 Å². The molecule has 9 nitrogen and oxygen atoms in total. The predicted molar refractivity (Wildman–Crippen MR) is 96.0 cm³/mol. The molecule has 0 radical (unpaired) electrons. The van der Waals surface area contributed by atoms with Gasteiger partial charge in [-0.1, -0.05) is 5.16 Å². The molecule has 1 N–H and O–H groups in total. The Morgan fingerprint density at radius 2 is 2.12 bits per heavy atom. The number of rotatable bonds is 5. The second-order valence-electron chi connectivity index (χ2n) is 6.31. The number of sulfone groups is 1. The van der Waals surface area contributed by atoms with Crippen LogP contribution in [0.3, 0.4) is 0 Å². The van der Waals surface area contributed by atoms with Crippen LogP contribution in [0.5, 0.6) is 0 Å². The molecule has 2 aromatic heterocycles. The Morgan fingerprint density at radius 1 is 1.35 bits per heavy atom. The summed E-state index contributed by atoms with van der Waals surface area (Å²) < 4.78 is 28.5. The quantitative estimate of drug-likeness (QED) is 0.827. The topological polar surface area (TPSA) is 118 Å². The average Bonchev–Trinajstić information content (AvgIpc) is 3.13. The number of nitrogens with one attached hydrogen (secondary N) is 1. The maximum absolute atomic E-state index is 12.5. The molecule has 1 aliphatic heterocycles. The zero-order valence-corrected chi connectivity index (χ0v) is 15.7. The first-order valence-electron chi connectivity index (χ1n) is 8.35. The van der Waals surface area contributed by atoms with E-state index in [-0.39, 0.29) is 23.2 Å². The van der Waals surface area contributed by atoms with E-state index in [1.165, 1.54) is 0 Å². The van der Waals surface area contributed by atoms with E-state index in [1.54, 1.807) is 26.0 Å². The zero-order valence-electron chi connectivity index (χ0n) is 14.9. The molecule has 2 aromatic rings. The third kappa shape index (κ3) is 4.01. The molecule has 140 valence electrons. The van der Waals surface area contributed by atoms with Crippen LogP contribution in [-0.4, -0.2) is 53.5 Å². The Hall–Kier alpha value is -2.49. The molecule has 1 unspecified atom stereocenters. The highest BCUT2D eigenvalue weighted by molar-refractivity contribution is 7.91. The number of carbonyl (C=O) groups is 1. The van der Waals surface area contributed by atoms with Crippen LogP contribution in [0.1, 0.15) is 35.3 Å². The minimum atomic E-state index is -3.03. The molecule has 0 aliphatic carbocycles. The third-order valence-corrected chi connectivity index (χ3v) is 5.94. The summed E-state index contributed by atoms with van der Waals surface area (Å²) in [5, 5.41) is 6.35. The van der Waals surface area contributed by atoms with Crippen LogP contribution in [-0.2, 0) is 9.84 Å². The molecule has 0 aromatic carbocycles. The van der Waals surface area contributed by atoms with Crippen LogP contribution >= 0.6 is 0 Å². The Balaban J connectivity index is 1.85. The van der Waals surface area contributed by atoms with Crippen LogP contribution in [0.15, 0.2) is 16.7 Å². The summed E-state index contributed by atoms with van der Waals surface area (Å²) in [5.74, 6) is 1.06. The van der Waals surface area contributed by atoms with Crippen molar-refractivity contribution < 1.29 is 17.7 Å². The van der Waals surface area contributed by atoms with Gasteiger partial charge in [0.05, 0.1) is 11.5 Å². The number of carbonyl (C=O) groups excluding carboxylic acids is 1. The van der Waals surface area contributed by atoms with Crippen LogP contribution < -0.4 is 10.2 Å². The van der Waals surface area contributed by atoms with Crippen LogP contribution in [0.4, 0.5) is 11.8 Å². The van der Waals surface area contributed by atoms with Gasteiger partial charge < -0.3 is 14.7 Å². The van der Waals surface area contributed by atoms with Crippen molar-refractivity contribution in [1.82, 2.24) is 15.1 Å². The van der Waals surface area contributed by atoms with Crippen molar-refractivity contribution in [2.24, 2.45) is 0 Å². The molecule has 1 aliphatic rings. The highest BCUT2D eigenvalue weighted by Crippen LogP contribution is 2.22. The van der Waals surface area contributed by atoms with Gasteiger partial charge in [0, 0.05) is 24.3 Å². The number of hydrogen-bond donors (Lipinski definition) is 1. The maximum atomic E-state index is 12.5. The first-order chi connectivity index (χ1) is 12.3. The van der Waals surface area contributed by atoms with E-state index in [1.807, 2.05) is 11.8 Å². The standard InChI is InChI=1S/C16H21N5O4S/c1-4-21(12-5-6-26(23,24)9-12)16-17-10(2)7-13(18-16)15(22)19-14-8-11(3)25-20-14/h7-8,12H,4-6,9H2,1-3H3,(H,19,20,22). The highest BCUT2D eigenvalue weighted by Gasteiger charge is 2.33. The van der Waals surface area contributed by atoms with Crippen molar-refractivity contribution in [3.05, 3.63) is 29.3 Å². The molecule has 3 rings (SSSR count). The largest absolute Gasteiger partial charge is 0.360 e. The molecular weight excluding hydrogens is 358 g/mol. The van der Waals surface area contributed by atoms with Crippen molar-refractivity contribution in [2.45, 2.75) is 33.2 Å². The van der Waals surface area contributed by atoms with Gasteiger partial charge in [0.25, 0.3) is 5.91 Å². The summed E-state index contributed by atoms with van der Waals surface area (Å²) in [6.45, 7) is 5.95. The lowest BCUT2D eigenvalue weighted by atomic mass is 10.2. The van der Waals surface area contributed by atoms with Gasteiger partial charge in [0.15, 0.2) is 15.7 Å². The molecule has 26 heavy (non-hydrogen) atoms. The fourth-order valence-electron chi connectivity index (χ4n) is 2.99. The summed E-state index contributed by atoms with van der Waals surface area (Å²) in [6.07, 6.45) is 0.535. The molecule has 10 heteroatoms. The number of amides is 1. The SMILES string of the molecule is CCN(c1nc(C)cc(C(=O)Nc2cc(C)on2)n1)C1CCS(=O)(=O)C1. The smallest absolute Gasteiger partial charge is 0.275 e. The van der Waals surface area contributed by atoms with Gasteiger partial charge in [-0.25, -0.2) is 18.4 Å². The van der Waals surface area contributed by atoms with Gasteiger partial charge in [-0.2, -0.15) is 0 Å². The average molecular weight is 379 g/mol. The van der Waals surface area contributed by atoms with Gasteiger partial charge in [0.1, 0.15) is 11.5 Å². The number of aryl methyl sites for hydroxylation is 2. The fourth-order valence-corrected chi connectivity index (χ4v) is 4.72. The number of anilines is 2. The molecule has 1 amide bonds. The second-order valence-corrected chi connectivity index (χ2v) is 8.54. The third-order valence-electron chi connectivity index (χ3n) is 4.19. The first-order valence-corrected chi connectivity index (χ1v) is 10.2. The van der Waals surface area contributed by atoms with E-state index in [9.17, 15) is 13.2 Å². The molecule has 1 atom stereocenters. The Kier molecular flexibility index (Phi) is 4.94. The van der Waals surface area contributed by atoms with Crippen LogP contribution in [0, 0.1) is 13.8 Å². The van der Waals surface area contributed by atoms with Crippen molar-refractivity contribution in [1.29, 1.82) is 0 Å². The minimum absolute atomic E-state index is 0.0812. The van der Waals surface area contributed by atoms with E-state index in [4.69, 9.17) is 4.52 Å². The minimum Gasteiger partial charge on any atom is -0.360 e. The van der Waals surface area contributed by atoms with Gasteiger partial charge in [0.2, 0.25) is 5.95 Å². The fraction of sp³-hybridized carbons (Fsp3) is 0.500. The Labute approximate surface area is 151 Å². The summed E-state index contributed by atoms with van der Waals surface area (Å²) in [7, 11) is -3.03. The molecule has 0 bridgehead atoms. The van der Waals surface area contributed by atoms with E-state index in [0.717, 1.165) is 0 Å². The zero-order chi connectivity index (χ0) is 18.9. The van der Waals surface area contributed by atoms with Gasteiger partial charge in [-0.15, -0.1) is 0 Å². The van der Waals surface area contributed by atoms with E-state index < -0.39 is 15.7 Å². The number of aromatic nitrogens is 3. The van der Waals surface area contributed by atoms with Crippen LogP contribution in [0.2, 0.25) is 0 Å². The molecule has 0 spiro atoms. The van der Waals surface area contributed by atoms with Crippen molar-refractivity contribution in [3.8, 4) is 0 Å². The second kappa shape index (κ2) is 7.02. The van der Waals surface area contributed by atoms with E-state index >= 15 is 0 Å². The molecule has 1 saturated heterocycles. The molecular formula is C16H21N5O4S. The van der Waals surface area contributed by atoms with Crippen LogP contribution in [0.25, 0.3) is 0 Å². The molecule has 1 fully saturated rings. The monoisotopic (exact) mass is 379 g/mol. The lowest BCUT2D eigenvalue weighted by molar-refractivity contribution is 0.102. The normalized spacial score (nSPS) is 18.7. The number of nitrogens with zero attached hydrogens (tertiary/aromatic N) is 4. The van der Waals surface area contributed by atoms with Gasteiger partial charge >= 0.3 is 0 Å². The predicted octanol–water partition coefficient (Wildman–Crippen LogP) is 1.35. The summed E-state index contributed by atoms with van der Waals surface area (Å²) in [4.78, 5) is 23.1. The lowest BCUT2D eigenvalue weighted by Crippen LogP contribution is -2.37. The van der Waals surface area contributed by atoms with Gasteiger partial charge in [-0.3, -0.25) is 4.79 Å². The summed E-state index contributed by atoms with van der Waals surface area (Å²) in [5.41, 5.74) is 0.809.